The Kier molecular flexibility index (Phi) is 1.76. The van der Waals surface area contributed by atoms with Gasteiger partial charge in [0.25, 0.3) is 0 Å². The molecule has 0 saturated heterocycles. The van der Waals surface area contributed by atoms with Crippen molar-refractivity contribution < 1.29 is 0 Å². The van der Waals surface area contributed by atoms with Crippen molar-refractivity contribution in [3.05, 3.63) is 41.9 Å². The molecule has 15 heavy (non-hydrogen) atoms. The Hall–Kier alpha value is -1.81. The van der Waals surface area contributed by atoms with Gasteiger partial charge in [-0.1, -0.05) is 12.1 Å². The number of nitrogens with zero attached hydrogens (tertiary/aromatic N) is 2. The lowest BCUT2D eigenvalue weighted by atomic mass is 10.4. The zero-order chi connectivity index (χ0) is 10.3. The molecule has 0 bridgehead atoms. The van der Waals surface area contributed by atoms with Crippen molar-refractivity contribution in [3.8, 4) is 10.7 Å². The highest BCUT2D eigenvalue weighted by Crippen LogP contribution is 2.26. The van der Waals surface area contributed by atoms with Crippen LogP contribution in [-0.4, -0.2) is 9.38 Å². The van der Waals surface area contributed by atoms with E-state index in [1.807, 2.05) is 46.3 Å². The van der Waals surface area contributed by atoms with Gasteiger partial charge in [-0.25, -0.2) is 4.98 Å². The maximum atomic E-state index is 5.94. The van der Waals surface area contributed by atoms with E-state index in [-0.39, 0.29) is 0 Å². The van der Waals surface area contributed by atoms with Crippen LogP contribution in [0.15, 0.2) is 41.9 Å². The molecular weight excluding hydrogens is 206 g/mol. The van der Waals surface area contributed by atoms with Crippen molar-refractivity contribution in [1.29, 1.82) is 0 Å². The number of anilines is 1. The van der Waals surface area contributed by atoms with Crippen molar-refractivity contribution >= 4 is 22.7 Å². The minimum Gasteiger partial charge on any atom is -0.385 e. The molecule has 0 unspecified atom stereocenters. The number of pyridine rings is 1. The number of nitrogens with two attached hydrogens (primary N) is 1. The largest absolute Gasteiger partial charge is 0.385 e. The van der Waals surface area contributed by atoms with Crippen molar-refractivity contribution in [2.75, 3.05) is 5.73 Å². The Morgan fingerprint density at radius 1 is 1.20 bits per heavy atom. The molecule has 0 fully saturated rings. The fourth-order valence-electron chi connectivity index (χ4n) is 1.65. The smallest absolute Gasteiger partial charge is 0.156 e. The summed E-state index contributed by atoms with van der Waals surface area (Å²) < 4.78 is 1.96. The average molecular weight is 215 g/mol. The van der Waals surface area contributed by atoms with Crippen LogP contribution in [0.4, 0.5) is 5.82 Å². The molecule has 0 aliphatic rings. The van der Waals surface area contributed by atoms with E-state index in [4.69, 9.17) is 5.73 Å². The molecule has 0 aliphatic carbocycles. The van der Waals surface area contributed by atoms with Crippen molar-refractivity contribution in [2.24, 2.45) is 0 Å². The molecule has 0 spiro atoms. The normalized spacial score (nSPS) is 10.9. The zero-order valence-corrected chi connectivity index (χ0v) is 8.74. The molecule has 0 aromatic carbocycles. The second-order valence-electron chi connectivity index (χ2n) is 3.27. The fraction of sp³-hybridized carbons (Fsp3) is 0. The second-order valence-corrected chi connectivity index (χ2v) is 4.22. The SMILES string of the molecule is Nc1cccc2cnc(-c3cccs3)n12. The monoisotopic (exact) mass is 215 g/mol. The van der Waals surface area contributed by atoms with E-state index in [0.29, 0.717) is 5.82 Å². The second kappa shape index (κ2) is 3.10. The number of rotatable bonds is 1. The maximum Gasteiger partial charge on any atom is 0.156 e. The minimum absolute atomic E-state index is 0.716. The van der Waals surface area contributed by atoms with E-state index in [2.05, 4.69) is 4.98 Å². The Morgan fingerprint density at radius 2 is 2.13 bits per heavy atom. The number of thiophene rings is 1. The third-order valence-corrected chi connectivity index (χ3v) is 3.19. The summed E-state index contributed by atoms with van der Waals surface area (Å²) in [5.74, 6) is 1.63. The van der Waals surface area contributed by atoms with Gasteiger partial charge in [0.1, 0.15) is 5.82 Å². The van der Waals surface area contributed by atoms with Gasteiger partial charge in [0, 0.05) is 0 Å². The van der Waals surface area contributed by atoms with E-state index in [0.717, 1.165) is 16.2 Å². The Balaban J connectivity index is 2.37. The highest BCUT2D eigenvalue weighted by molar-refractivity contribution is 7.13. The van der Waals surface area contributed by atoms with Crippen molar-refractivity contribution in [1.82, 2.24) is 9.38 Å². The fourth-order valence-corrected chi connectivity index (χ4v) is 2.36. The summed E-state index contributed by atoms with van der Waals surface area (Å²) in [6.07, 6.45) is 1.84. The first-order valence-electron chi connectivity index (χ1n) is 4.62. The standard InChI is InChI=1S/C11H9N3S/c12-10-5-1-3-8-7-13-11(14(8)10)9-4-2-6-15-9/h1-7H,12H2. The first-order valence-corrected chi connectivity index (χ1v) is 5.50. The van der Waals surface area contributed by atoms with Gasteiger partial charge >= 0.3 is 0 Å². The van der Waals surface area contributed by atoms with E-state index < -0.39 is 0 Å². The van der Waals surface area contributed by atoms with Gasteiger partial charge in [-0.15, -0.1) is 11.3 Å². The van der Waals surface area contributed by atoms with Crippen LogP contribution in [0.1, 0.15) is 0 Å². The van der Waals surface area contributed by atoms with E-state index in [1.54, 1.807) is 11.3 Å². The maximum absolute atomic E-state index is 5.94. The van der Waals surface area contributed by atoms with Crippen LogP contribution >= 0.6 is 11.3 Å². The lowest BCUT2D eigenvalue weighted by Gasteiger charge is -2.02. The molecular formula is C11H9N3S. The number of imidazole rings is 1. The van der Waals surface area contributed by atoms with Crippen LogP contribution in [0.25, 0.3) is 16.2 Å². The predicted molar refractivity (Wildman–Crippen MR) is 62.9 cm³/mol. The molecule has 3 rings (SSSR count). The summed E-state index contributed by atoms with van der Waals surface area (Å²) >= 11 is 1.67. The lowest BCUT2D eigenvalue weighted by molar-refractivity contribution is 1.18. The third-order valence-electron chi connectivity index (χ3n) is 2.32. The molecule has 3 heterocycles. The molecule has 3 nitrogen and oxygen atoms in total. The van der Waals surface area contributed by atoms with Crippen molar-refractivity contribution in [2.45, 2.75) is 0 Å². The molecule has 3 aromatic heterocycles. The first kappa shape index (κ1) is 8.49. The zero-order valence-electron chi connectivity index (χ0n) is 7.92. The topological polar surface area (TPSA) is 43.3 Å². The summed E-state index contributed by atoms with van der Waals surface area (Å²) in [5, 5.41) is 2.04. The van der Waals surface area contributed by atoms with Gasteiger partial charge in [-0.2, -0.15) is 0 Å². The van der Waals surface area contributed by atoms with E-state index in [9.17, 15) is 0 Å². The van der Waals surface area contributed by atoms with Crippen LogP contribution in [-0.2, 0) is 0 Å². The van der Waals surface area contributed by atoms with Gasteiger partial charge in [0.05, 0.1) is 16.6 Å². The van der Waals surface area contributed by atoms with Gasteiger partial charge in [-0.05, 0) is 23.6 Å². The van der Waals surface area contributed by atoms with Crippen LogP contribution in [0.3, 0.4) is 0 Å². The third kappa shape index (κ3) is 1.22. The summed E-state index contributed by atoms with van der Waals surface area (Å²) in [4.78, 5) is 5.52. The van der Waals surface area contributed by atoms with Gasteiger partial charge in [0.15, 0.2) is 5.82 Å². The molecule has 0 amide bonds. The lowest BCUT2D eigenvalue weighted by Crippen LogP contribution is -1.96. The van der Waals surface area contributed by atoms with Gasteiger partial charge < -0.3 is 5.73 Å². The molecule has 0 saturated carbocycles. The number of hydrogen-bond donors (Lipinski definition) is 1. The average Bonchev–Trinajstić information content (AvgIpc) is 2.85. The summed E-state index contributed by atoms with van der Waals surface area (Å²) in [6.45, 7) is 0. The molecule has 0 aliphatic heterocycles. The summed E-state index contributed by atoms with van der Waals surface area (Å²) in [7, 11) is 0. The summed E-state index contributed by atoms with van der Waals surface area (Å²) in [6, 6.07) is 9.88. The molecule has 0 atom stereocenters. The minimum atomic E-state index is 0.716. The van der Waals surface area contributed by atoms with Crippen LogP contribution in [0.5, 0.6) is 0 Å². The number of fused-ring (bicyclic) bond motifs is 1. The molecule has 74 valence electrons. The quantitative estimate of drug-likeness (QED) is 0.678. The van der Waals surface area contributed by atoms with Crippen LogP contribution < -0.4 is 5.73 Å². The van der Waals surface area contributed by atoms with Crippen molar-refractivity contribution in [3.63, 3.8) is 0 Å². The van der Waals surface area contributed by atoms with E-state index in [1.165, 1.54) is 0 Å². The number of nitrogen functional groups attached to an aromatic ring is 1. The first-order chi connectivity index (χ1) is 7.36. The Morgan fingerprint density at radius 3 is 2.93 bits per heavy atom. The Bertz CT molecular complexity index is 595. The summed E-state index contributed by atoms with van der Waals surface area (Å²) in [5.41, 5.74) is 6.96. The molecule has 2 N–H and O–H groups in total. The predicted octanol–water partition coefficient (Wildman–Crippen LogP) is 2.65. The molecule has 0 radical (unpaired) electrons. The Labute approximate surface area is 90.8 Å². The van der Waals surface area contributed by atoms with Gasteiger partial charge in [0.2, 0.25) is 0 Å². The highest BCUT2D eigenvalue weighted by atomic mass is 32.1. The molecule has 3 aromatic rings. The number of aromatic nitrogens is 2. The van der Waals surface area contributed by atoms with Gasteiger partial charge in [-0.3, -0.25) is 4.40 Å². The van der Waals surface area contributed by atoms with Crippen LogP contribution in [0, 0.1) is 0 Å². The van der Waals surface area contributed by atoms with Crippen LogP contribution in [0.2, 0.25) is 0 Å². The van der Waals surface area contributed by atoms with E-state index >= 15 is 0 Å². The number of hydrogen-bond acceptors (Lipinski definition) is 3. The highest BCUT2D eigenvalue weighted by Gasteiger charge is 2.08. The molecule has 4 heteroatoms.